The lowest BCUT2D eigenvalue weighted by Gasteiger charge is -2.46. The summed E-state index contributed by atoms with van der Waals surface area (Å²) in [6, 6.07) is 10.3. The molecule has 1 atom stereocenters. The molecule has 0 amide bonds. The lowest BCUT2D eigenvalue weighted by molar-refractivity contribution is 0.175. The van der Waals surface area contributed by atoms with E-state index >= 15 is 0 Å². The molecule has 6 rings (SSSR count). The number of nitrogens with zero attached hydrogens (tertiary/aromatic N) is 6. The molecule has 4 aromatic rings. The first-order chi connectivity index (χ1) is 16.9. The minimum atomic E-state index is -0.174. The second-order valence-electron chi connectivity index (χ2n) is 10.9. The Kier molecular flexibility index (Phi) is 5.36. The maximum Gasteiger partial charge on any atom is 0.282 e. The number of hydrogen-bond donors (Lipinski definition) is 1. The molecule has 182 valence electrons. The van der Waals surface area contributed by atoms with Crippen molar-refractivity contribution in [1.29, 1.82) is 0 Å². The van der Waals surface area contributed by atoms with Gasteiger partial charge in [0.2, 0.25) is 0 Å². The molecule has 3 aromatic heterocycles. The number of aromatic amines is 1. The predicted octanol–water partition coefficient (Wildman–Crippen LogP) is 3.79. The van der Waals surface area contributed by atoms with Crippen LogP contribution >= 0.6 is 0 Å². The third-order valence-electron chi connectivity index (χ3n) is 7.94. The van der Waals surface area contributed by atoms with Crippen molar-refractivity contribution in [2.75, 3.05) is 13.1 Å². The van der Waals surface area contributed by atoms with Crippen LogP contribution in [-0.4, -0.2) is 47.3 Å². The Morgan fingerprint density at radius 3 is 2.74 bits per heavy atom. The summed E-state index contributed by atoms with van der Waals surface area (Å²) >= 11 is 0. The van der Waals surface area contributed by atoms with Gasteiger partial charge in [0.25, 0.3) is 5.56 Å². The number of fused-ring (bicyclic) bond motifs is 1. The minimum absolute atomic E-state index is 0.0694. The van der Waals surface area contributed by atoms with Gasteiger partial charge in [0.15, 0.2) is 0 Å². The van der Waals surface area contributed by atoms with E-state index in [9.17, 15) is 4.79 Å². The van der Waals surface area contributed by atoms with Gasteiger partial charge in [-0.1, -0.05) is 26.0 Å². The summed E-state index contributed by atoms with van der Waals surface area (Å²) < 4.78 is 3.67. The van der Waals surface area contributed by atoms with Crippen LogP contribution in [0.2, 0.25) is 0 Å². The smallest absolute Gasteiger partial charge is 0.282 e. The van der Waals surface area contributed by atoms with Gasteiger partial charge >= 0.3 is 0 Å². The molecule has 0 unspecified atom stereocenters. The van der Waals surface area contributed by atoms with E-state index in [1.54, 1.807) is 17.2 Å². The van der Waals surface area contributed by atoms with Crippen LogP contribution in [0.5, 0.6) is 0 Å². The highest BCUT2D eigenvalue weighted by molar-refractivity contribution is 5.75. The van der Waals surface area contributed by atoms with E-state index in [0.29, 0.717) is 11.4 Å². The third-order valence-corrected chi connectivity index (χ3v) is 7.94. The van der Waals surface area contributed by atoms with Crippen molar-refractivity contribution in [3.63, 3.8) is 0 Å². The normalized spacial score (nSPS) is 25.1. The Bertz CT molecular complexity index is 1420. The largest absolute Gasteiger partial charge is 0.351 e. The van der Waals surface area contributed by atoms with Crippen LogP contribution in [0.15, 0.2) is 47.8 Å². The molecular formula is C27H33N7O. The van der Waals surface area contributed by atoms with E-state index in [1.165, 1.54) is 18.4 Å². The SMILES string of the molecule is CC1CC(c2cccc(-n3cnc4cc(CN5CCC[C@H](C)C5)[nH]c4c3=O)c2)(c2nncn2C)C1. The van der Waals surface area contributed by atoms with Gasteiger partial charge in [-0.25, -0.2) is 4.98 Å². The Morgan fingerprint density at radius 1 is 1.14 bits per heavy atom. The third kappa shape index (κ3) is 3.80. The molecular weight excluding hydrogens is 438 g/mol. The molecule has 1 aliphatic carbocycles. The fraction of sp³-hybridized carbons (Fsp3) is 0.481. The first kappa shape index (κ1) is 22.2. The average Bonchev–Trinajstić information content (AvgIpc) is 3.43. The van der Waals surface area contributed by atoms with Gasteiger partial charge in [0, 0.05) is 25.8 Å². The van der Waals surface area contributed by atoms with Crippen LogP contribution in [0.3, 0.4) is 0 Å². The zero-order chi connectivity index (χ0) is 24.2. The Hall–Kier alpha value is -3.26. The number of aromatic nitrogens is 6. The molecule has 1 aromatic carbocycles. The zero-order valence-electron chi connectivity index (χ0n) is 20.7. The van der Waals surface area contributed by atoms with Gasteiger partial charge in [-0.3, -0.25) is 14.3 Å². The Morgan fingerprint density at radius 2 is 2.00 bits per heavy atom. The lowest BCUT2D eigenvalue weighted by atomic mass is 9.58. The van der Waals surface area contributed by atoms with Crippen molar-refractivity contribution < 1.29 is 0 Å². The van der Waals surface area contributed by atoms with Gasteiger partial charge in [-0.05, 0) is 67.8 Å². The number of nitrogens with one attached hydrogen (secondary N) is 1. The highest BCUT2D eigenvalue weighted by Gasteiger charge is 2.48. The van der Waals surface area contributed by atoms with Gasteiger partial charge in [0.05, 0.1) is 16.6 Å². The van der Waals surface area contributed by atoms with Crippen molar-refractivity contribution in [2.24, 2.45) is 18.9 Å². The molecule has 8 heteroatoms. The molecule has 0 radical (unpaired) electrons. The van der Waals surface area contributed by atoms with E-state index in [2.05, 4.69) is 51.0 Å². The monoisotopic (exact) mass is 471 g/mol. The lowest BCUT2D eigenvalue weighted by Crippen LogP contribution is -2.43. The number of H-pyrrole nitrogens is 1. The fourth-order valence-electron chi connectivity index (χ4n) is 6.34. The molecule has 0 bridgehead atoms. The zero-order valence-corrected chi connectivity index (χ0v) is 20.7. The van der Waals surface area contributed by atoms with E-state index in [0.717, 1.165) is 61.1 Å². The summed E-state index contributed by atoms with van der Waals surface area (Å²) in [5.41, 5.74) is 4.10. The summed E-state index contributed by atoms with van der Waals surface area (Å²) in [7, 11) is 2.00. The molecule has 1 saturated heterocycles. The average molecular weight is 472 g/mol. The van der Waals surface area contributed by atoms with E-state index in [1.807, 2.05) is 29.8 Å². The van der Waals surface area contributed by atoms with E-state index in [-0.39, 0.29) is 11.0 Å². The molecule has 35 heavy (non-hydrogen) atoms. The highest BCUT2D eigenvalue weighted by atomic mass is 16.1. The molecule has 8 nitrogen and oxygen atoms in total. The molecule has 2 fully saturated rings. The molecule has 1 saturated carbocycles. The van der Waals surface area contributed by atoms with Crippen LogP contribution < -0.4 is 5.56 Å². The molecule has 0 spiro atoms. The van der Waals surface area contributed by atoms with Crippen LogP contribution in [0.1, 0.15) is 56.6 Å². The van der Waals surface area contributed by atoms with Gasteiger partial charge < -0.3 is 9.55 Å². The summed E-state index contributed by atoms with van der Waals surface area (Å²) in [5.74, 6) is 2.32. The second-order valence-corrected chi connectivity index (χ2v) is 10.9. The highest BCUT2D eigenvalue weighted by Crippen LogP contribution is 2.51. The fourth-order valence-corrected chi connectivity index (χ4v) is 6.34. The van der Waals surface area contributed by atoms with Crippen molar-refractivity contribution in [1.82, 2.24) is 34.2 Å². The van der Waals surface area contributed by atoms with Crippen LogP contribution in [0, 0.1) is 11.8 Å². The van der Waals surface area contributed by atoms with Crippen molar-refractivity contribution in [2.45, 2.75) is 51.5 Å². The number of piperidine rings is 1. The quantitative estimate of drug-likeness (QED) is 0.479. The van der Waals surface area contributed by atoms with E-state index < -0.39 is 0 Å². The topological polar surface area (TPSA) is 84.6 Å². The molecule has 4 heterocycles. The van der Waals surface area contributed by atoms with Crippen molar-refractivity contribution in [3.05, 3.63) is 70.4 Å². The Balaban J connectivity index is 1.35. The summed E-state index contributed by atoms with van der Waals surface area (Å²) in [6.45, 7) is 7.62. The first-order valence-corrected chi connectivity index (χ1v) is 12.7. The number of likely N-dealkylation sites (tertiary alicyclic amines) is 1. The standard InChI is InChI=1S/C27H33N7O/c1-18-6-5-9-33(14-18)15-21-11-23-24(30-21)25(35)34(16-28-23)22-8-4-7-20(10-22)27(12-19(2)13-27)26-31-29-17-32(26)3/h4,7-8,10-11,16-19,30H,5-6,9,12-15H2,1-3H3/t18-,19?,27?/m0/s1. The van der Waals surface area contributed by atoms with Crippen LogP contribution in [-0.2, 0) is 19.0 Å². The summed E-state index contributed by atoms with van der Waals surface area (Å²) in [4.78, 5) is 24.0. The minimum Gasteiger partial charge on any atom is -0.351 e. The van der Waals surface area contributed by atoms with Crippen molar-refractivity contribution in [3.8, 4) is 5.69 Å². The number of aryl methyl sites for hydroxylation is 1. The predicted molar refractivity (Wildman–Crippen MR) is 136 cm³/mol. The molecule has 1 aliphatic heterocycles. The van der Waals surface area contributed by atoms with Crippen LogP contribution in [0.25, 0.3) is 16.7 Å². The molecule has 1 N–H and O–H groups in total. The number of hydrogen-bond acceptors (Lipinski definition) is 5. The summed E-state index contributed by atoms with van der Waals surface area (Å²) in [6.07, 6.45) is 7.99. The maximum atomic E-state index is 13.5. The van der Waals surface area contributed by atoms with Crippen molar-refractivity contribution >= 4 is 11.0 Å². The summed E-state index contributed by atoms with van der Waals surface area (Å²) in [5, 5.41) is 8.60. The van der Waals surface area contributed by atoms with E-state index in [4.69, 9.17) is 0 Å². The Labute approximate surface area is 205 Å². The molecule has 2 aliphatic rings. The van der Waals surface area contributed by atoms with Crippen LogP contribution in [0.4, 0.5) is 0 Å². The number of benzene rings is 1. The number of rotatable bonds is 5. The second kappa shape index (κ2) is 8.45. The first-order valence-electron chi connectivity index (χ1n) is 12.7. The van der Waals surface area contributed by atoms with Gasteiger partial charge in [0.1, 0.15) is 24.0 Å². The maximum absolute atomic E-state index is 13.5. The van der Waals surface area contributed by atoms with Gasteiger partial charge in [-0.15, -0.1) is 10.2 Å². The van der Waals surface area contributed by atoms with Gasteiger partial charge in [-0.2, -0.15) is 0 Å².